The zero-order valence-electron chi connectivity index (χ0n) is 19.6. The summed E-state index contributed by atoms with van der Waals surface area (Å²) < 4.78 is 1.87. The molecule has 1 heterocycles. The highest BCUT2D eigenvalue weighted by molar-refractivity contribution is 6.31. The van der Waals surface area contributed by atoms with Crippen LogP contribution in [0.15, 0.2) is 42.5 Å². The number of hydrogen-bond acceptors (Lipinski definition) is 3. The van der Waals surface area contributed by atoms with Gasteiger partial charge in [-0.25, -0.2) is 0 Å². The number of anilines is 1. The van der Waals surface area contributed by atoms with Crippen molar-refractivity contribution in [3.8, 4) is 0 Å². The molecular formula is C26H29ClN4O2. The molecule has 2 amide bonds. The molecule has 2 aromatic carbocycles. The van der Waals surface area contributed by atoms with Gasteiger partial charge >= 0.3 is 0 Å². The van der Waals surface area contributed by atoms with Crippen LogP contribution < -0.4 is 10.6 Å². The van der Waals surface area contributed by atoms with Gasteiger partial charge in [-0.1, -0.05) is 47.5 Å². The summed E-state index contributed by atoms with van der Waals surface area (Å²) in [5.74, 6) is -0.619. The molecule has 0 radical (unpaired) electrons. The van der Waals surface area contributed by atoms with Crippen molar-refractivity contribution >= 4 is 35.2 Å². The predicted molar refractivity (Wildman–Crippen MR) is 134 cm³/mol. The summed E-state index contributed by atoms with van der Waals surface area (Å²) >= 11 is 6.27. The number of aromatic nitrogens is 2. The average Bonchev–Trinajstić information content (AvgIpc) is 3.01. The minimum Gasteiger partial charge on any atom is -0.343 e. The van der Waals surface area contributed by atoms with Crippen LogP contribution >= 0.6 is 11.6 Å². The predicted octanol–water partition coefficient (Wildman–Crippen LogP) is 4.90. The number of nitrogens with zero attached hydrogens (tertiary/aromatic N) is 2. The molecule has 0 bridgehead atoms. The Morgan fingerprint density at radius 2 is 1.73 bits per heavy atom. The fourth-order valence-corrected chi connectivity index (χ4v) is 4.04. The summed E-state index contributed by atoms with van der Waals surface area (Å²) in [6, 6.07) is 11.7. The number of carbonyl (C=O) groups is 2. The van der Waals surface area contributed by atoms with Crippen molar-refractivity contribution in [1.29, 1.82) is 0 Å². The van der Waals surface area contributed by atoms with E-state index in [0.717, 1.165) is 44.9 Å². The summed E-state index contributed by atoms with van der Waals surface area (Å²) in [6.07, 6.45) is 3.15. The monoisotopic (exact) mass is 464 g/mol. The SMILES string of the molecule is Cc1cc(C)c(NC(=O)CNC(=O)/C=C/c2c(C)nn(Cc3ccccc3Cl)c2C)c(C)c1. The Hall–Kier alpha value is -3.38. The Labute approximate surface area is 199 Å². The van der Waals surface area contributed by atoms with Crippen LogP contribution in [0.3, 0.4) is 0 Å². The zero-order chi connectivity index (χ0) is 24.1. The number of amides is 2. The van der Waals surface area contributed by atoms with E-state index in [1.54, 1.807) is 6.08 Å². The van der Waals surface area contributed by atoms with E-state index in [4.69, 9.17) is 11.6 Å². The number of carbonyl (C=O) groups excluding carboxylic acids is 2. The molecule has 0 spiro atoms. The lowest BCUT2D eigenvalue weighted by atomic mass is 10.1. The number of halogens is 1. The fraction of sp³-hybridized carbons (Fsp3) is 0.269. The Kier molecular flexibility index (Phi) is 7.71. The van der Waals surface area contributed by atoms with E-state index in [2.05, 4.69) is 15.7 Å². The maximum absolute atomic E-state index is 12.3. The van der Waals surface area contributed by atoms with E-state index in [0.29, 0.717) is 11.6 Å². The van der Waals surface area contributed by atoms with E-state index in [-0.39, 0.29) is 18.4 Å². The number of benzene rings is 2. The van der Waals surface area contributed by atoms with E-state index < -0.39 is 0 Å². The molecule has 3 rings (SSSR count). The van der Waals surface area contributed by atoms with Crippen molar-refractivity contribution in [3.63, 3.8) is 0 Å². The van der Waals surface area contributed by atoms with Crippen LogP contribution in [-0.2, 0) is 16.1 Å². The van der Waals surface area contributed by atoms with Crippen molar-refractivity contribution in [2.45, 2.75) is 41.2 Å². The molecule has 2 N–H and O–H groups in total. The maximum Gasteiger partial charge on any atom is 0.244 e. The van der Waals surface area contributed by atoms with Crippen molar-refractivity contribution in [1.82, 2.24) is 15.1 Å². The number of hydrogen-bond donors (Lipinski definition) is 2. The van der Waals surface area contributed by atoms with E-state index in [1.165, 1.54) is 6.08 Å². The molecule has 0 saturated carbocycles. The molecular weight excluding hydrogens is 436 g/mol. The summed E-state index contributed by atoms with van der Waals surface area (Å²) in [4.78, 5) is 24.6. The summed E-state index contributed by atoms with van der Waals surface area (Å²) in [7, 11) is 0. The first-order valence-corrected chi connectivity index (χ1v) is 11.1. The third-order valence-electron chi connectivity index (χ3n) is 5.48. The Morgan fingerprint density at radius 3 is 2.39 bits per heavy atom. The maximum atomic E-state index is 12.3. The molecule has 6 nitrogen and oxygen atoms in total. The highest BCUT2D eigenvalue weighted by Gasteiger charge is 2.12. The van der Waals surface area contributed by atoms with Crippen LogP contribution in [0.1, 0.15) is 39.2 Å². The van der Waals surface area contributed by atoms with Crippen molar-refractivity contribution < 1.29 is 9.59 Å². The van der Waals surface area contributed by atoms with Crippen LogP contribution in [0.25, 0.3) is 6.08 Å². The molecule has 0 aliphatic carbocycles. The van der Waals surface area contributed by atoms with Gasteiger partial charge in [0.2, 0.25) is 11.8 Å². The molecule has 172 valence electrons. The Bertz CT molecular complexity index is 1200. The van der Waals surface area contributed by atoms with Gasteiger partial charge in [-0.2, -0.15) is 5.10 Å². The normalized spacial score (nSPS) is 11.1. The summed E-state index contributed by atoms with van der Waals surface area (Å²) in [5.41, 5.74) is 7.50. The van der Waals surface area contributed by atoms with Gasteiger partial charge in [-0.3, -0.25) is 14.3 Å². The van der Waals surface area contributed by atoms with Gasteiger partial charge in [0.1, 0.15) is 0 Å². The van der Waals surface area contributed by atoms with Crippen molar-refractivity contribution in [3.05, 3.63) is 86.7 Å². The first-order chi connectivity index (χ1) is 15.7. The average molecular weight is 465 g/mol. The van der Waals surface area contributed by atoms with Crippen LogP contribution in [0.2, 0.25) is 5.02 Å². The van der Waals surface area contributed by atoms with Gasteiger partial charge in [0.05, 0.1) is 18.8 Å². The van der Waals surface area contributed by atoms with Gasteiger partial charge in [0.15, 0.2) is 0 Å². The van der Waals surface area contributed by atoms with Gasteiger partial charge in [-0.15, -0.1) is 0 Å². The van der Waals surface area contributed by atoms with E-state index in [9.17, 15) is 9.59 Å². The highest BCUT2D eigenvalue weighted by atomic mass is 35.5. The molecule has 0 aliphatic rings. The smallest absolute Gasteiger partial charge is 0.244 e. The van der Waals surface area contributed by atoms with E-state index >= 15 is 0 Å². The van der Waals surface area contributed by atoms with Gasteiger partial charge in [0.25, 0.3) is 0 Å². The number of aryl methyl sites for hydroxylation is 4. The third-order valence-corrected chi connectivity index (χ3v) is 5.85. The van der Waals surface area contributed by atoms with Crippen molar-refractivity contribution in [2.24, 2.45) is 0 Å². The molecule has 1 aromatic heterocycles. The van der Waals surface area contributed by atoms with Gasteiger partial charge in [0, 0.05) is 28.0 Å². The summed E-state index contributed by atoms with van der Waals surface area (Å²) in [6.45, 7) is 10.2. The van der Waals surface area contributed by atoms with Crippen molar-refractivity contribution in [2.75, 3.05) is 11.9 Å². The molecule has 0 unspecified atom stereocenters. The third kappa shape index (κ3) is 6.11. The van der Waals surface area contributed by atoms with Crippen LogP contribution in [0.5, 0.6) is 0 Å². The van der Waals surface area contributed by atoms with Crippen LogP contribution in [0.4, 0.5) is 5.69 Å². The van der Waals surface area contributed by atoms with Gasteiger partial charge in [-0.05, 0) is 63.5 Å². The molecule has 3 aromatic rings. The van der Waals surface area contributed by atoms with Crippen LogP contribution in [0, 0.1) is 34.6 Å². The van der Waals surface area contributed by atoms with Crippen LogP contribution in [-0.4, -0.2) is 28.1 Å². The lowest BCUT2D eigenvalue weighted by Crippen LogP contribution is -2.32. The molecule has 7 heteroatoms. The Morgan fingerprint density at radius 1 is 1.06 bits per heavy atom. The highest BCUT2D eigenvalue weighted by Crippen LogP contribution is 2.22. The number of nitrogens with one attached hydrogen (secondary N) is 2. The molecule has 0 aliphatic heterocycles. The second kappa shape index (κ2) is 10.5. The second-order valence-electron chi connectivity index (χ2n) is 8.21. The topological polar surface area (TPSA) is 76.0 Å². The largest absolute Gasteiger partial charge is 0.343 e. The lowest BCUT2D eigenvalue weighted by molar-refractivity contribution is -0.121. The first-order valence-electron chi connectivity index (χ1n) is 10.8. The first kappa shape index (κ1) is 24.3. The number of rotatable bonds is 7. The fourth-order valence-electron chi connectivity index (χ4n) is 3.84. The lowest BCUT2D eigenvalue weighted by Gasteiger charge is -2.13. The van der Waals surface area contributed by atoms with E-state index in [1.807, 2.05) is 75.7 Å². The second-order valence-corrected chi connectivity index (χ2v) is 8.61. The molecule has 0 fully saturated rings. The minimum absolute atomic E-state index is 0.111. The zero-order valence-corrected chi connectivity index (χ0v) is 20.4. The van der Waals surface area contributed by atoms with Gasteiger partial charge < -0.3 is 10.6 Å². The molecule has 33 heavy (non-hydrogen) atoms. The molecule has 0 saturated heterocycles. The minimum atomic E-state index is -0.347. The molecule has 0 atom stereocenters. The Balaban J connectivity index is 1.60. The quantitative estimate of drug-likeness (QED) is 0.488. The standard InChI is InChI=1S/C26H29ClN4O2/c1-16-12-17(2)26(18(3)13-16)29-25(33)14-28-24(32)11-10-22-19(4)30-31(20(22)5)15-21-8-6-7-9-23(21)27/h6-13H,14-15H2,1-5H3,(H,28,32)(H,29,33)/b11-10+. The summed E-state index contributed by atoms with van der Waals surface area (Å²) in [5, 5.41) is 10.8.